The summed E-state index contributed by atoms with van der Waals surface area (Å²) in [5.41, 5.74) is 7.04. The molecule has 0 fully saturated rings. The lowest BCUT2D eigenvalue weighted by Gasteiger charge is -2.31. The van der Waals surface area contributed by atoms with Crippen LogP contribution in [0.5, 0.6) is 11.5 Å². The van der Waals surface area contributed by atoms with Gasteiger partial charge in [0.2, 0.25) is 0 Å². The summed E-state index contributed by atoms with van der Waals surface area (Å²) in [5, 5.41) is 5.82. The zero-order chi connectivity index (χ0) is 31.1. The Labute approximate surface area is 262 Å². The molecule has 0 saturated heterocycles. The third kappa shape index (κ3) is 4.37. The molecule has 0 bridgehead atoms. The highest BCUT2D eigenvalue weighted by Crippen LogP contribution is 2.41. The van der Waals surface area contributed by atoms with E-state index in [0.717, 1.165) is 44.8 Å². The van der Waals surface area contributed by atoms with Gasteiger partial charge in [0.25, 0.3) is 0 Å². The number of imidazole rings is 1. The second-order valence-corrected chi connectivity index (χ2v) is 14.1. The maximum Gasteiger partial charge on any atom is 0.145 e. The van der Waals surface area contributed by atoms with Gasteiger partial charge in [-0.2, -0.15) is 0 Å². The molecule has 222 valence electrons. The molecule has 0 saturated carbocycles. The molecule has 5 heteroatoms. The number of benzene rings is 4. The maximum absolute atomic E-state index is 6.59. The largest absolute Gasteiger partial charge is 0.457 e. The number of aromatic nitrogens is 4. The van der Waals surface area contributed by atoms with Crippen molar-refractivity contribution in [2.75, 3.05) is 0 Å². The monoisotopic (exact) mass is 588 g/mol. The molecule has 4 heterocycles. The summed E-state index contributed by atoms with van der Waals surface area (Å²) < 4.78 is 11.0. The zero-order valence-electron chi connectivity index (χ0n) is 26.6. The van der Waals surface area contributed by atoms with E-state index in [2.05, 4.69) is 134 Å². The standard InChI is InChI=1S/C40H36N4O/c1-39(2,3)32-23-30-27-16-14-25(21-31(27)38-42-19-20-43(38)35(30)24-33(32)40(4,5)6)45-26-15-17-29-28-11-7-8-12-34(28)44(36(29)22-26)37-13-9-10-18-41-37/h7-24H,1-6H3. The van der Waals surface area contributed by atoms with Gasteiger partial charge < -0.3 is 4.74 Å². The van der Waals surface area contributed by atoms with E-state index < -0.39 is 0 Å². The van der Waals surface area contributed by atoms with Crippen LogP contribution in [0.15, 0.2) is 110 Å². The average Bonchev–Trinajstić information content (AvgIpc) is 3.64. The highest BCUT2D eigenvalue weighted by molar-refractivity contribution is 6.13. The molecule has 0 radical (unpaired) electrons. The van der Waals surface area contributed by atoms with Crippen molar-refractivity contribution in [3.8, 4) is 17.3 Å². The van der Waals surface area contributed by atoms with Gasteiger partial charge in [-0.3, -0.25) is 8.97 Å². The Morgan fingerprint density at radius 2 is 1.22 bits per heavy atom. The minimum absolute atomic E-state index is 0.00640. The minimum atomic E-state index is 0.00640. The van der Waals surface area contributed by atoms with E-state index in [1.165, 1.54) is 32.8 Å². The van der Waals surface area contributed by atoms with E-state index in [0.29, 0.717) is 0 Å². The van der Waals surface area contributed by atoms with E-state index in [4.69, 9.17) is 9.72 Å². The molecule has 0 aliphatic rings. The van der Waals surface area contributed by atoms with Crippen molar-refractivity contribution < 1.29 is 4.74 Å². The Bertz CT molecular complexity index is 2420. The first-order valence-corrected chi connectivity index (χ1v) is 15.6. The van der Waals surface area contributed by atoms with Gasteiger partial charge in [0.15, 0.2) is 0 Å². The predicted molar refractivity (Wildman–Crippen MR) is 186 cm³/mol. The fraction of sp³-hybridized carbons (Fsp3) is 0.200. The number of para-hydroxylation sites is 1. The Kier molecular flexibility index (Phi) is 5.89. The fourth-order valence-electron chi connectivity index (χ4n) is 6.83. The van der Waals surface area contributed by atoms with Gasteiger partial charge in [0, 0.05) is 46.2 Å². The smallest absolute Gasteiger partial charge is 0.145 e. The summed E-state index contributed by atoms with van der Waals surface area (Å²) in [6.45, 7) is 13.8. The second-order valence-electron chi connectivity index (χ2n) is 14.1. The predicted octanol–water partition coefficient (Wildman–Crippen LogP) is 10.5. The van der Waals surface area contributed by atoms with Crippen LogP contribution >= 0.6 is 0 Å². The molecule has 0 unspecified atom stereocenters. The Hall–Kier alpha value is -5.16. The Balaban J connectivity index is 1.30. The average molecular weight is 589 g/mol. The molecular formula is C40H36N4O. The molecule has 8 rings (SSSR count). The van der Waals surface area contributed by atoms with Crippen molar-refractivity contribution in [3.63, 3.8) is 0 Å². The Morgan fingerprint density at radius 3 is 1.98 bits per heavy atom. The van der Waals surface area contributed by atoms with Gasteiger partial charge >= 0.3 is 0 Å². The maximum atomic E-state index is 6.59. The number of hydrogen-bond acceptors (Lipinski definition) is 3. The molecule has 45 heavy (non-hydrogen) atoms. The van der Waals surface area contributed by atoms with Crippen LogP contribution in [0.4, 0.5) is 0 Å². The first-order valence-electron chi connectivity index (χ1n) is 15.6. The molecule has 0 atom stereocenters. The van der Waals surface area contributed by atoms with Crippen LogP contribution in [-0.2, 0) is 10.8 Å². The summed E-state index contributed by atoms with van der Waals surface area (Å²) in [6, 6.07) is 32.0. The molecule has 4 aromatic heterocycles. The summed E-state index contributed by atoms with van der Waals surface area (Å²) in [6.07, 6.45) is 5.79. The number of pyridine rings is 2. The Morgan fingerprint density at radius 1 is 0.533 bits per heavy atom. The van der Waals surface area contributed by atoms with Gasteiger partial charge in [-0.05, 0) is 88.0 Å². The highest BCUT2D eigenvalue weighted by atomic mass is 16.5. The van der Waals surface area contributed by atoms with E-state index in [9.17, 15) is 0 Å². The van der Waals surface area contributed by atoms with Gasteiger partial charge in [0.1, 0.15) is 23.0 Å². The van der Waals surface area contributed by atoms with Crippen molar-refractivity contribution in [3.05, 3.63) is 121 Å². The first-order chi connectivity index (χ1) is 21.6. The van der Waals surface area contributed by atoms with Crippen LogP contribution in [0.3, 0.4) is 0 Å². The van der Waals surface area contributed by atoms with Crippen LogP contribution in [0, 0.1) is 0 Å². The summed E-state index contributed by atoms with van der Waals surface area (Å²) in [4.78, 5) is 9.49. The molecule has 0 aliphatic heterocycles. The summed E-state index contributed by atoms with van der Waals surface area (Å²) >= 11 is 0. The van der Waals surface area contributed by atoms with E-state index >= 15 is 0 Å². The molecule has 0 N–H and O–H groups in total. The molecule has 5 nitrogen and oxygen atoms in total. The third-order valence-corrected chi connectivity index (χ3v) is 8.93. The number of ether oxygens (including phenoxy) is 1. The van der Waals surface area contributed by atoms with Crippen LogP contribution < -0.4 is 4.74 Å². The van der Waals surface area contributed by atoms with Gasteiger partial charge in [-0.1, -0.05) is 65.8 Å². The quantitative estimate of drug-likeness (QED) is 0.193. The first kappa shape index (κ1) is 27.4. The third-order valence-electron chi connectivity index (χ3n) is 8.93. The molecule has 0 aliphatic carbocycles. The number of fused-ring (bicyclic) bond motifs is 9. The highest BCUT2D eigenvalue weighted by Gasteiger charge is 2.27. The van der Waals surface area contributed by atoms with Crippen LogP contribution in [0.25, 0.3) is 54.9 Å². The van der Waals surface area contributed by atoms with Crippen molar-refractivity contribution in [1.82, 2.24) is 18.9 Å². The van der Waals surface area contributed by atoms with Crippen LogP contribution in [-0.4, -0.2) is 18.9 Å². The lowest BCUT2D eigenvalue weighted by Crippen LogP contribution is -2.22. The van der Waals surface area contributed by atoms with E-state index in [1.54, 1.807) is 0 Å². The zero-order valence-corrected chi connectivity index (χ0v) is 26.6. The van der Waals surface area contributed by atoms with Crippen LogP contribution in [0.1, 0.15) is 52.7 Å². The molecule has 4 aromatic carbocycles. The lowest BCUT2D eigenvalue weighted by atomic mass is 9.74. The number of hydrogen-bond donors (Lipinski definition) is 0. The van der Waals surface area contributed by atoms with Crippen molar-refractivity contribution in [1.29, 1.82) is 0 Å². The SMILES string of the molecule is CC(C)(C)c1cc2c3ccc(Oc4ccc5c6ccccc6n(-c6ccccn6)c5c4)cc3c3nccn3c2cc1C(C)(C)C. The molecule has 0 spiro atoms. The van der Waals surface area contributed by atoms with Crippen molar-refractivity contribution >= 4 is 49.1 Å². The van der Waals surface area contributed by atoms with Gasteiger partial charge in [-0.15, -0.1) is 0 Å². The lowest BCUT2D eigenvalue weighted by molar-refractivity contribution is 0.484. The van der Waals surface area contributed by atoms with Gasteiger partial charge in [0.05, 0.1) is 16.6 Å². The second kappa shape index (κ2) is 9.67. The number of rotatable bonds is 3. The number of nitrogens with zero attached hydrogens (tertiary/aromatic N) is 4. The summed E-state index contributed by atoms with van der Waals surface area (Å²) in [5.74, 6) is 2.42. The molecular weight excluding hydrogens is 552 g/mol. The normalized spacial score (nSPS) is 12.7. The summed E-state index contributed by atoms with van der Waals surface area (Å²) in [7, 11) is 0. The topological polar surface area (TPSA) is 44.3 Å². The van der Waals surface area contributed by atoms with Crippen molar-refractivity contribution in [2.24, 2.45) is 0 Å². The van der Waals surface area contributed by atoms with E-state index in [-0.39, 0.29) is 10.8 Å². The van der Waals surface area contributed by atoms with Crippen LogP contribution in [0.2, 0.25) is 0 Å². The molecule has 8 aromatic rings. The van der Waals surface area contributed by atoms with E-state index in [1.807, 2.05) is 30.6 Å². The van der Waals surface area contributed by atoms with Crippen molar-refractivity contribution in [2.45, 2.75) is 52.4 Å². The fourth-order valence-corrected chi connectivity index (χ4v) is 6.83. The minimum Gasteiger partial charge on any atom is -0.457 e. The molecule has 0 amide bonds. The van der Waals surface area contributed by atoms with Gasteiger partial charge in [-0.25, -0.2) is 9.97 Å².